The fourth-order valence-electron chi connectivity index (χ4n) is 1.44. The maximum absolute atomic E-state index is 5.85. The highest BCUT2D eigenvalue weighted by atomic mass is 32.1. The molecule has 5 nitrogen and oxygen atoms in total. The molecule has 0 saturated carbocycles. The third-order valence-electron chi connectivity index (χ3n) is 2.39. The molecule has 0 bridgehead atoms. The van der Waals surface area contributed by atoms with Gasteiger partial charge in [-0.2, -0.15) is 9.47 Å². The van der Waals surface area contributed by atoms with Crippen LogP contribution < -0.4 is 16.5 Å². The lowest BCUT2D eigenvalue weighted by atomic mass is 10.2. The Kier molecular flexibility index (Phi) is 6.00. The second-order valence-electron chi connectivity index (χ2n) is 3.93. The average molecular weight is 285 g/mol. The van der Waals surface area contributed by atoms with Gasteiger partial charge < -0.3 is 11.1 Å². The lowest BCUT2D eigenvalue weighted by Gasteiger charge is -2.07. The lowest BCUT2D eigenvalue weighted by molar-refractivity contribution is 0.745. The molecule has 100 valence electrons. The van der Waals surface area contributed by atoms with Crippen LogP contribution in [0.1, 0.15) is 37.9 Å². The van der Waals surface area contributed by atoms with Gasteiger partial charge in [0.2, 0.25) is 0 Å². The molecule has 0 amide bonds. The molecule has 0 atom stereocenters. The van der Waals surface area contributed by atoms with Gasteiger partial charge in [-0.3, -0.25) is 5.43 Å². The number of rotatable bonds is 5. The highest BCUT2D eigenvalue weighted by molar-refractivity contribution is 7.80. The summed E-state index contributed by atoms with van der Waals surface area (Å²) >= 11 is 6.39. The SMILES string of the molecule is CCCCNC(=S)N/N=C(/C)c1c(C)nsc1N. The molecule has 1 aromatic heterocycles. The predicted octanol–water partition coefficient (Wildman–Crippen LogP) is 2.02. The van der Waals surface area contributed by atoms with Crippen molar-refractivity contribution in [3.05, 3.63) is 11.3 Å². The van der Waals surface area contributed by atoms with Crippen molar-refractivity contribution in [3.8, 4) is 0 Å². The van der Waals surface area contributed by atoms with Crippen molar-refractivity contribution in [1.82, 2.24) is 15.1 Å². The summed E-state index contributed by atoms with van der Waals surface area (Å²) in [6.07, 6.45) is 2.22. The molecule has 0 fully saturated rings. The zero-order valence-electron chi connectivity index (χ0n) is 10.9. The number of thiocarbonyl (C=S) groups is 1. The third kappa shape index (κ3) is 4.23. The molecule has 4 N–H and O–H groups in total. The summed E-state index contributed by atoms with van der Waals surface area (Å²) in [5.41, 5.74) is 11.2. The molecule has 18 heavy (non-hydrogen) atoms. The molecule has 0 aliphatic carbocycles. The monoisotopic (exact) mass is 285 g/mol. The van der Waals surface area contributed by atoms with Gasteiger partial charge in [0.05, 0.1) is 17.0 Å². The van der Waals surface area contributed by atoms with Crippen LogP contribution in [0.3, 0.4) is 0 Å². The molecule has 1 rings (SSSR count). The summed E-state index contributed by atoms with van der Waals surface area (Å²) in [7, 11) is 0. The number of nitrogens with zero attached hydrogens (tertiary/aromatic N) is 2. The molecule has 0 unspecified atom stereocenters. The van der Waals surface area contributed by atoms with Gasteiger partial charge in [-0.05, 0) is 44.0 Å². The first-order valence-corrected chi connectivity index (χ1v) is 7.04. The summed E-state index contributed by atoms with van der Waals surface area (Å²) in [5.74, 6) is 0. The van der Waals surface area contributed by atoms with E-state index in [0.717, 1.165) is 36.4 Å². The molecule has 0 spiro atoms. The first kappa shape index (κ1) is 14.8. The van der Waals surface area contributed by atoms with E-state index in [9.17, 15) is 0 Å². The molecule has 0 aromatic carbocycles. The molecule has 1 heterocycles. The minimum absolute atomic E-state index is 0.530. The molecular weight excluding hydrogens is 266 g/mol. The second-order valence-corrected chi connectivity index (χ2v) is 5.14. The van der Waals surface area contributed by atoms with E-state index in [2.05, 4.69) is 27.1 Å². The van der Waals surface area contributed by atoms with Gasteiger partial charge in [0, 0.05) is 6.54 Å². The van der Waals surface area contributed by atoms with Crippen LogP contribution in [0.5, 0.6) is 0 Å². The number of nitrogen functional groups attached to an aromatic ring is 1. The van der Waals surface area contributed by atoms with E-state index in [0.29, 0.717) is 10.1 Å². The van der Waals surface area contributed by atoms with Gasteiger partial charge in [0.25, 0.3) is 0 Å². The molecular formula is C11H19N5S2. The van der Waals surface area contributed by atoms with Crippen LogP contribution >= 0.6 is 23.8 Å². The standard InChI is InChI=1S/C11H19N5S2/c1-4-5-6-13-11(17)15-14-7(2)9-8(3)16-18-10(9)12/h4-6,12H2,1-3H3,(H2,13,15,17)/b14-7-. The maximum Gasteiger partial charge on any atom is 0.186 e. The average Bonchev–Trinajstić information content (AvgIpc) is 2.66. The van der Waals surface area contributed by atoms with E-state index in [1.165, 1.54) is 11.5 Å². The van der Waals surface area contributed by atoms with E-state index in [1.54, 1.807) is 0 Å². The molecule has 7 heteroatoms. The molecule has 0 saturated heterocycles. The highest BCUT2D eigenvalue weighted by Gasteiger charge is 2.10. The fraction of sp³-hybridized carbons (Fsp3) is 0.545. The zero-order chi connectivity index (χ0) is 13.5. The summed E-state index contributed by atoms with van der Waals surface area (Å²) in [4.78, 5) is 0. The van der Waals surface area contributed by atoms with Gasteiger partial charge in [0.1, 0.15) is 5.00 Å². The molecule has 1 aromatic rings. The van der Waals surface area contributed by atoms with E-state index in [1.807, 2.05) is 13.8 Å². The van der Waals surface area contributed by atoms with Crippen LogP contribution in [0.4, 0.5) is 5.00 Å². The third-order valence-corrected chi connectivity index (χ3v) is 3.39. The molecule has 0 radical (unpaired) electrons. The van der Waals surface area contributed by atoms with Crippen molar-refractivity contribution in [3.63, 3.8) is 0 Å². The number of hydrazone groups is 1. The Morgan fingerprint density at radius 3 is 2.83 bits per heavy atom. The van der Waals surface area contributed by atoms with Crippen molar-refractivity contribution < 1.29 is 0 Å². The number of hydrogen-bond acceptors (Lipinski definition) is 5. The van der Waals surface area contributed by atoms with Crippen LogP contribution in [0, 0.1) is 6.92 Å². The Hall–Kier alpha value is -1.21. The minimum Gasteiger partial charge on any atom is -0.389 e. The first-order valence-electron chi connectivity index (χ1n) is 5.86. The summed E-state index contributed by atoms with van der Waals surface area (Å²) in [6.45, 7) is 6.79. The second kappa shape index (κ2) is 7.27. The van der Waals surface area contributed by atoms with Crippen molar-refractivity contribution >= 4 is 39.6 Å². The number of aryl methyl sites for hydroxylation is 1. The summed E-state index contributed by atoms with van der Waals surface area (Å²) < 4.78 is 4.18. The van der Waals surface area contributed by atoms with Crippen molar-refractivity contribution in [2.75, 3.05) is 12.3 Å². The Bertz CT molecular complexity index is 419. The van der Waals surface area contributed by atoms with E-state index >= 15 is 0 Å². The summed E-state index contributed by atoms with van der Waals surface area (Å²) in [5, 5.41) is 8.51. The molecule has 0 aliphatic rings. The largest absolute Gasteiger partial charge is 0.389 e. The van der Waals surface area contributed by atoms with Gasteiger partial charge in [0.15, 0.2) is 5.11 Å². The van der Waals surface area contributed by atoms with E-state index < -0.39 is 0 Å². The predicted molar refractivity (Wildman–Crippen MR) is 82.1 cm³/mol. The maximum atomic E-state index is 5.85. The number of hydrogen-bond donors (Lipinski definition) is 3. The summed E-state index contributed by atoms with van der Waals surface area (Å²) in [6, 6.07) is 0. The van der Waals surface area contributed by atoms with Crippen molar-refractivity contribution in [1.29, 1.82) is 0 Å². The topological polar surface area (TPSA) is 75.3 Å². The van der Waals surface area contributed by atoms with Crippen LogP contribution in [0.15, 0.2) is 5.10 Å². The van der Waals surface area contributed by atoms with E-state index in [4.69, 9.17) is 18.0 Å². The Balaban J connectivity index is 2.54. The number of aromatic nitrogens is 1. The Labute approximate surface area is 117 Å². The van der Waals surface area contributed by atoms with Crippen molar-refractivity contribution in [2.24, 2.45) is 5.10 Å². The smallest absolute Gasteiger partial charge is 0.186 e. The Morgan fingerprint density at radius 1 is 1.56 bits per heavy atom. The first-order chi connectivity index (χ1) is 8.56. The van der Waals surface area contributed by atoms with Gasteiger partial charge in [-0.1, -0.05) is 13.3 Å². The lowest BCUT2D eigenvalue weighted by Crippen LogP contribution is -2.33. The normalized spacial score (nSPS) is 11.4. The number of unbranched alkanes of at least 4 members (excludes halogenated alkanes) is 1. The Morgan fingerprint density at radius 2 is 2.28 bits per heavy atom. The minimum atomic E-state index is 0.530. The van der Waals surface area contributed by atoms with Crippen LogP contribution in [-0.2, 0) is 0 Å². The van der Waals surface area contributed by atoms with Gasteiger partial charge in [-0.25, -0.2) is 0 Å². The zero-order valence-corrected chi connectivity index (χ0v) is 12.5. The quantitative estimate of drug-likeness (QED) is 0.334. The number of anilines is 1. The fourth-order valence-corrected chi connectivity index (χ4v) is 2.30. The van der Waals surface area contributed by atoms with E-state index in [-0.39, 0.29) is 0 Å². The van der Waals surface area contributed by atoms with Crippen LogP contribution in [-0.4, -0.2) is 21.7 Å². The van der Waals surface area contributed by atoms with Gasteiger partial charge >= 0.3 is 0 Å². The van der Waals surface area contributed by atoms with Crippen LogP contribution in [0.25, 0.3) is 0 Å². The molecule has 0 aliphatic heterocycles. The van der Waals surface area contributed by atoms with Crippen molar-refractivity contribution in [2.45, 2.75) is 33.6 Å². The number of nitrogens with two attached hydrogens (primary N) is 1. The van der Waals surface area contributed by atoms with Gasteiger partial charge in [-0.15, -0.1) is 0 Å². The number of nitrogens with one attached hydrogen (secondary N) is 2. The van der Waals surface area contributed by atoms with Crippen LogP contribution in [0.2, 0.25) is 0 Å². The highest BCUT2D eigenvalue weighted by Crippen LogP contribution is 2.21.